The smallest absolute Gasteiger partial charge is 0.377 e. The first-order valence-electron chi connectivity index (χ1n) is 39.3. The molecule has 33 heteroatoms. The standard InChI is InChI=1S/C76H120F8N12O13/c1-15-45(6)63-71(106)90(10)42-61(99)92(12)56-34-44(5)29-32-95(70(56)105)58(37-46-23-26-49(27-24-46)75(79,80)81)69(104)89(9)41-59(97)85-53(28-25-47-35-51(77)62(52(78)36-47)76(82,83)84)67(102)96-40-50(109-16-2)38-55(96)66(101)87-74(30-19-20-31-74)73(108)94(14)64(48-21-17-18-22-48)72(107)93(13)57(68(103)88(7)8)39-60(98)91(11)54(33-43(3)4)65(100)86-63/h43-58,62-64H,15-42H2,1-14H3,(H,85,97)(H,86,100)(H,87,101)/t44-,45-,46?,47?,49?,50+,51?,52?,53-,54-,55-,56-,57-,58-,62?,63-,64-/m0/s1. The van der Waals surface area contributed by atoms with Crippen LogP contribution in [0.25, 0.3) is 0 Å². The molecule has 3 heterocycles. The Hall–Kier alpha value is -6.96. The van der Waals surface area contributed by atoms with Crippen LogP contribution in [-0.4, -0.2) is 289 Å². The predicted octanol–water partition coefficient (Wildman–Crippen LogP) is 6.82. The number of nitrogens with one attached hydrogen (secondary N) is 3. The summed E-state index contributed by atoms with van der Waals surface area (Å²) >= 11 is 0. The topological polar surface area (TPSA) is 279 Å². The highest BCUT2D eigenvalue weighted by atomic mass is 19.4. The molecule has 2 unspecified atom stereocenters. The lowest BCUT2D eigenvalue weighted by atomic mass is 9.76. The van der Waals surface area contributed by atoms with Crippen molar-refractivity contribution < 1.29 is 97.4 Å². The molecule has 3 N–H and O–H groups in total. The molecule has 3 saturated heterocycles. The number of hydrogen-bond acceptors (Lipinski definition) is 13. The maximum atomic E-state index is 15.7. The van der Waals surface area contributed by atoms with Crippen LogP contribution in [0, 0.1) is 47.3 Å². The number of carbonyl (C=O) groups excluding carboxylic acids is 12. The van der Waals surface area contributed by atoms with Crippen LogP contribution in [0.5, 0.6) is 0 Å². The Morgan fingerprint density at radius 3 is 1.78 bits per heavy atom. The summed E-state index contributed by atoms with van der Waals surface area (Å²) in [4.78, 5) is 192. The van der Waals surface area contributed by atoms with Crippen LogP contribution in [0.4, 0.5) is 35.1 Å². The number of amides is 12. The SMILES string of the molecule is CCO[C@@H]1C[C@H]2C(=O)NC3(CCCC3)C(=O)N(C)[C@@H](C3CCCC3)C(=O)N(C)[C@H](C(=O)N(C)C)CC(=O)N(C)[C@@H](CC(C)C)C(=O)N[C@@H]([C@@H](C)CC)C(=O)N(C)CC(=O)N(C)[C@H]3C[C@@H](C)CCN(C3=O)[C@@H](CC3CCC(C(F)(F)F)CC3)C(=O)N(C)CC(=O)N[C@@H](CCC3CC(F)C(C(F)(F)F)C(F)C3)C(=O)N2C1. The summed E-state index contributed by atoms with van der Waals surface area (Å²) in [7, 11) is 11.0. The van der Waals surface area contributed by atoms with E-state index in [1.165, 1.54) is 76.0 Å². The van der Waals surface area contributed by atoms with E-state index in [0.29, 0.717) is 44.9 Å². The Labute approximate surface area is 636 Å². The Bertz CT molecular complexity index is 3210. The number of hydrogen-bond donors (Lipinski definition) is 3. The van der Waals surface area contributed by atoms with Crippen molar-refractivity contribution in [2.75, 3.05) is 89.2 Å². The quantitative estimate of drug-likeness (QED) is 0.160. The molecule has 7 rings (SSSR count). The van der Waals surface area contributed by atoms with Crippen LogP contribution < -0.4 is 16.0 Å². The molecule has 12 amide bonds. The van der Waals surface area contributed by atoms with Crippen molar-refractivity contribution in [3.8, 4) is 0 Å². The van der Waals surface area contributed by atoms with E-state index in [2.05, 4.69) is 16.0 Å². The van der Waals surface area contributed by atoms with Crippen molar-refractivity contribution in [2.24, 2.45) is 47.3 Å². The molecule has 3 aliphatic heterocycles. The Balaban J connectivity index is 1.34. The zero-order valence-electron chi connectivity index (χ0n) is 66.1. The molecule has 0 aromatic heterocycles. The minimum atomic E-state index is -5.22. The molecule has 2 bridgehead atoms. The summed E-state index contributed by atoms with van der Waals surface area (Å²) in [5.41, 5.74) is -1.72. The molecule has 1 spiro atoms. The Kier molecular flexibility index (Phi) is 31.1. The summed E-state index contributed by atoms with van der Waals surface area (Å²) in [6, 6.07) is -11.3. The summed E-state index contributed by atoms with van der Waals surface area (Å²) in [5.74, 6) is -17.2. The number of ether oxygens (including phenoxy) is 1. The van der Waals surface area contributed by atoms with Gasteiger partial charge in [-0.15, -0.1) is 0 Å². The van der Waals surface area contributed by atoms with E-state index >= 15 is 37.5 Å². The molecule has 618 valence electrons. The monoisotopic (exact) mass is 1560 g/mol. The summed E-state index contributed by atoms with van der Waals surface area (Å²) < 4.78 is 121. The second-order valence-electron chi connectivity index (χ2n) is 33.1. The van der Waals surface area contributed by atoms with Crippen LogP contribution >= 0.6 is 0 Å². The lowest BCUT2D eigenvalue weighted by molar-refractivity contribution is -0.219. The lowest BCUT2D eigenvalue weighted by Crippen LogP contribution is -2.65. The number of nitrogens with zero attached hydrogens (tertiary/aromatic N) is 9. The molecule has 0 aromatic carbocycles. The number of carbonyl (C=O) groups is 12. The molecule has 4 saturated carbocycles. The number of alkyl halides is 8. The van der Waals surface area contributed by atoms with Gasteiger partial charge in [0.25, 0.3) is 0 Å². The largest absolute Gasteiger partial charge is 0.397 e. The first-order valence-corrected chi connectivity index (χ1v) is 39.3. The van der Waals surface area contributed by atoms with Crippen molar-refractivity contribution >= 4 is 70.9 Å². The summed E-state index contributed by atoms with van der Waals surface area (Å²) in [5, 5.41) is 8.50. The number of likely N-dealkylation sites (N-methyl/N-ethyl adjacent to an activating group) is 7. The van der Waals surface area contributed by atoms with Gasteiger partial charge in [-0.2, -0.15) is 26.3 Å². The fourth-order valence-corrected chi connectivity index (χ4v) is 17.8. The second kappa shape index (κ2) is 38.0. The zero-order valence-corrected chi connectivity index (χ0v) is 66.1. The molecular formula is C76H120F8N12O13. The number of fused-ring (bicyclic) bond motifs is 3. The fraction of sp³-hybridized carbons (Fsp3) is 0.842. The molecular weight excluding hydrogens is 1440 g/mol. The first kappa shape index (κ1) is 89.2. The van der Waals surface area contributed by atoms with Crippen molar-refractivity contribution in [1.29, 1.82) is 0 Å². The van der Waals surface area contributed by atoms with Gasteiger partial charge >= 0.3 is 12.4 Å². The maximum Gasteiger partial charge on any atom is 0.397 e. The van der Waals surface area contributed by atoms with Gasteiger partial charge in [-0.25, -0.2) is 8.78 Å². The van der Waals surface area contributed by atoms with Crippen LogP contribution in [0.1, 0.15) is 189 Å². The van der Waals surface area contributed by atoms with Gasteiger partial charge < -0.3 is 64.8 Å². The molecule has 7 aliphatic rings. The van der Waals surface area contributed by atoms with E-state index < -0.39 is 230 Å². The summed E-state index contributed by atoms with van der Waals surface area (Å²) in [6.45, 7) is 8.83. The highest BCUT2D eigenvalue weighted by Gasteiger charge is 2.56. The van der Waals surface area contributed by atoms with Gasteiger partial charge in [0.15, 0.2) is 0 Å². The molecule has 7 fully saturated rings. The van der Waals surface area contributed by atoms with Gasteiger partial charge in [0.05, 0.1) is 31.5 Å². The minimum absolute atomic E-state index is 0.00534. The number of halogens is 8. The maximum absolute atomic E-state index is 15.7. The molecule has 0 aromatic rings. The molecule has 13 atom stereocenters. The van der Waals surface area contributed by atoms with E-state index in [1.807, 2.05) is 20.8 Å². The van der Waals surface area contributed by atoms with Crippen molar-refractivity contribution in [2.45, 2.75) is 274 Å². The predicted molar refractivity (Wildman–Crippen MR) is 386 cm³/mol. The first-order chi connectivity index (χ1) is 51.0. The second-order valence-corrected chi connectivity index (χ2v) is 33.1. The van der Waals surface area contributed by atoms with E-state index in [-0.39, 0.29) is 109 Å². The Morgan fingerprint density at radius 1 is 0.615 bits per heavy atom. The van der Waals surface area contributed by atoms with Gasteiger partial charge in [-0.1, -0.05) is 66.7 Å². The zero-order chi connectivity index (χ0) is 81.2. The minimum Gasteiger partial charge on any atom is -0.377 e. The van der Waals surface area contributed by atoms with Crippen molar-refractivity contribution in [3.63, 3.8) is 0 Å². The van der Waals surface area contributed by atoms with Crippen LogP contribution in [-0.2, 0) is 62.3 Å². The van der Waals surface area contributed by atoms with Gasteiger partial charge in [0.2, 0.25) is 70.9 Å². The molecule has 4 aliphatic carbocycles. The third kappa shape index (κ3) is 21.8. The van der Waals surface area contributed by atoms with Crippen molar-refractivity contribution in [1.82, 2.24) is 60.0 Å². The van der Waals surface area contributed by atoms with E-state index in [1.54, 1.807) is 20.8 Å². The van der Waals surface area contributed by atoms with E-state index in [4.69, 9.17) is 4.74 Å². The van der Waals surface area contributed by atoms with Crippen LogP contribution in [0.2, 0.25) is 0 Å². The van der Waals surface area contributed by atoms with Crippen molar-refractivity contribution in [3.05, 3.63) is 0 Å². The van der Waals surface area contributed by atoms with E-state index in [0.717, 1.165) is 24.5 Å². The van der Waals surface area contributed by atoms with Gasteiger partial charge in [-0.3, -0.25) is 57.5 Å². The average Bonchev–Trinajstić information content (AvgIpc) is 1.68. The molecule has 25 nitrogen and oxygen atoms in total. The molecule has 0 radical (unpaired) electrons. The highest BCUT2D eigenvalue weighted by Crippen LogP contribution is 2.46. The normalized spacial score (nSPS) is 32.3. The lowest BCUT2D eigenvalue weighted by Gasteiger charge is -2.42. The number of rotatable bonds is 13. The summed E-state index contributed by atoms with van der Waals surface area (Å²) in [6.07, 6.45) is -15.8. The third-order valence-electron chi connectivity index (χ3n) is 24.6. The van der Waals surface area contributed by atoms with Gasteiger partial charge in [-0.05, 0) is 145 Å². The van der Waals surface area contributed by atoms with Crippen LogP contribution in [0.3, 0.4) is 0 Å². The third-order valence-corrected chi connectivity index (χ3v) is 24.6. The fourth-order valence-electron chi connectivity index (χ4n) is 17.8. The Morgan fingerprint density at radius 2 is 1.22 bits per heavy atom. The average molecular weight is 1560 g/mol. The van der Waals surface area contributed by atoms with Gasteiger partial charge in [0, 0.05) is 82.5 Å². The highest BCUT2D eigenvalue weighted by molar-refractivity contribution is 6.01. The van der Waals surface area contributed by atoms with Gasteiger partial charge in [0.1, 0.15) is 72.1 Å². The van der Waals surface area contributed by atoms with E-state index in [9.17, 15) is 55.1 Å². The van der Waals surface area contributed by atoms with Crippen LogP contribution in [0.15, 0.2) is 0 Å². The molecule has 109 heavy (non-hydrogen) atoms.